The normalized spacial score (nSPS) is 11.3. The van der Waals surface area contributed by atoms with Crippen molar-refractivity contribution in [3.63, 3.8) is 0 Å². The lowest BCUT2D eigenvalue weighted by molar-refractivity contribution is -0.937. The molecule has 0 atom stereocenters. The summed E-state index contributed by atoms with van der Waals surface area (Å²) in [6.45, 7) is 15.6. The Kier molecular flexibility index (Phi) is 7.37. The third-order valence-corrected chi connectivity index (χ3v) is 4.04. The van der Waals surface area contributed by atoms with E-state index >= 15 is 0 Å². The highest BCUT2D eigenvalue weighted by molar-refractivity contribution is 5.51. The molecule has 1 aromatic rings. The lowest BCUT2D eigenvalue weighted by atomic mass is 10.3. The molecule has 0 aliphatic heterocycles. The van der Waals surface area contributed by atoms with Crippen molar-refractivity contribution in [2.75, 3.05) is 39.6 Å². The molecule has 0 fully saturated rings. The summed E-state index contributed by atoms with van der Waals surface area (Å²) in [5.74, 6) is 2.23. The van der Waals surface area contributed by atoms with Gasteiger partial charge in [0.1, 0.15) is 0 Å². The zero-order chi connectivity index (χ0) is 15.7. The fourth-order valence-corrected chi connectivity index (χ4v) is 2.32. The van der Waals surface area contributed by atoms with Crippen LogP contribution in [-0.4, -0.2) is 44.1 Å². The van der Waals surface area contributed by atoms with Crippen LogP contribution in [0, 0.1) is 0 Å². The number of para-hydroxylation sites is 1. The molecule has 1 rings (SSSR count). The lowest BCUT2D eigenvalue weighted by Crippen LogP contribution is -2.50. The van der Waals surface area contributed by atoms with Gasteiger partial charge in [0.05, 0.1) is 32.8 Å². The summed E-state index contributed by atoms with van der Waals surface area (Å²) in [5.41, 5.74) is 0. The van der Waals surface area contributed by atoms with E-state index in [4.69, 9.17) is 14.2 Å². The Morgan fingerprint density at radius 1 is 0.762 bits per heavy atom. The van der Waals surface area contributed by atoms with Crippen LogP contribution < -0.4 is 14.2 Å². The number of ether oxygens (including phenoxy) is 3. The molecule has 0 bridgehead atoms. The molecule has 0 aliphatic rings. The fourth-order valence-electron chi connectivity index (χ4n) is 2.32. The molecule has 0 aliphatic carbocycles. The predicted octanol–water partition coefficient (Wildman–Crippen LogP) is 3.70. The smallest absolute Gasteiger partial charge is 0.224 e. The first-order valence-electron chi connectivity index (χ1n) is 8.02. The Bertz CT molecular complexity index is 384. The summed E-state index contributed by atoms with van der Waals surface area (Å²) in [6, 6.07) is 5.80. The summed E-state index contributed by atoms with van der Waals surface area (Å²) in [7, 11) is 0. The molecular weight excluding hydrogens is 266 g/mol. The van der Waals surface area contributed by atoms with Crippen LogP contribution in [0.15, 0.2) is 18.2 Å². The zero-order valence-electron chi connectivity index (χ0n) is 14.1. The van der Waals surface area contributed by atoms with Gasteiger partial charge in [0.25, 0.3) is 0 Å². The maximum absolute atomic E-state index is 6.13. The molecular formula is C17H30NO3+. The summed E-state index contributed by atoms with van der Waals surface area (Å²) >= 11 is 0. The maximum Gasteiger partial charge on any atom is 0.224 e. The third kappa shape index (κ3) is 4.53. The predicted molar refractivity (Wildman–Crippen MR) is 86.2 cm³/mol. The van der Waals surface area contributed by atoms with Crippen LogP contribution in [0.1, 0.15) is 34.6 Å². The van der Waals surface area contributed by atoms with Crippen molar-refractivity contribution in [3.05, 3.63) is 18.2 Å². The quantitative estimate of drug-likeness (QED) is 0.487. The summed E-state index contributed by atoms with van der Waals surface area (Å²) < 4.78 is 18.4. The van der Waals surface area contributed by atoms with Crippen molar-refractivity contribution in [2.24, 2.45) is 0 Å². The second-order valence-electron chi connectivity index (χ2n) is 5.01. The van der Waals surface area contributed by atoms with Crippen LogP contribution in [-0.2, 0) is 0 Å². The number of hydrogen-bond donors (Lipinski definition) is 0. The van der Waals surface area contributed by atoms with E-state index in [1.165, 1.54) is 0 Å². The van der Waals surface area contributed by atoms with Gasteiger partial charge in [-0.1, -0.05) is 6.07 Å². The Balaban J connectivity index is 2.98. The second kappa shape index (κ2) is 8.78. The lowest BCUT2D eigenvalue weighted by Gasteiger charge is -2.35. The first-order chi connectivity index (χ1) is 10.2. The van der Waals surface area contributed by atoms with Crippen LogP contribution in [0.2, 0.25) is 0 Å². The molecule has 0 heterocycles. The van der Waals surface area contributed by atoms with Gasteiger partial charge in [-0.25, -0.2) is 0 Å². The fraction of sp³-hybridized carbons (Fsp3) is 0.647. The molecule has 0 saturated heterocycles. The molecule has 1 aromatic carbocycles. The van der Waals surface area contributed by atoms with Gasteiger partial charge in [-0.05, 0) is 46.8 Å². The van der Waals surface area contributed by atoms with Crippen molar-refractivity contribution < 1.29 is 18.7 Å². The van der Waals surface area contributed by atoms with E-state index in [1.807, 2.05) is 32.0 Å². The molecule has 120 valence electrons. The van der Waals surface area contributed by atoms with Crippen molar-refractivity contribution >= 4 is 0 Å². The van der Waals surface area contributed by atoms with Gasteiger partial charge in [0.15, 0.2) is 11.5 Å². The number of quaternary nitrogens is 1. The summed E-state index contributed by atoms with van der Waals surface area (Å²) in [6.07, 6.45) is 0. The topological polar surface area (TPSA) is 27.7 Å². The Labute approximate surface area is 129 Å². The molecule has 4 nitrogen and oxygen atoms in total. The summed E-state index contributed by atoms with van der Waals surface area (Å²) in [4.78, 5) is 0. The Morgan fingerprint density at radius 3 is 1.62 bits per heavy atom. The average Bonchev–Trinajstić information content (AvgIpc) is 2.51. The van der Waals surface area contributed by atoms with Crippen molar-refractivity contribution in [1.29, 1.82) is 0 Å². The molecule has 0 spiro atoms. The Hall–Kier alpha value is -1.42. The summed E-state index contributed by atoms with van der Waals surface area (Å²) in [5, 5.41) is 0. The minimum Gasteiger partial charge on any atom is -0.490 e. The van der Waals surface area contributed by atoms with E-state index < -0.39 is 0 Å². The van der Waals surface area contributed by atoms with Crippen LogP contribution in [0.5, 0.6) is 17.2 Å². The largest absolute Gasteiger partial charge is 0.490 e. The number of nitrogens with zero attached hydrogens (tertiary/aromatic N) is 1. The first kappa shape index (κ1) is 17.6. The molecule has 0 unspecified atom stereocenters. The standard InChI is InChI=1S/C17H30NO3/c1-6-18(7-2,8-3)14-21-17-15(19-9-4)12-11-13-16(17)20-10-5/h11-13H,6-10,14H2,1-5H3/q+1. The van der Waals surface area contributed by atoms with Gasteiger partial charge in [0.2, 0.25) is 12.5 Å². The number of hydrogen-bond acceptors (Lipinski definition) is 3. The van der Waals surface area contributed by atoms with Gasteiger partial charge >= 0.3 is 0 Å². The first-order valence-corrected chi connectivity index (χ1v) is 8.02. The van der Waals surface area contributed by atoms with E-state index in [2.05, 4.69) is 20.8 Å². The SMILES string of the molecule is CCOc1cccc(OCC)c1OC[N+](CC)(CC)CC. The van der Waals surface area contributed by atoms with Crippen molar-refractivity contribution in [2.45, 2.75) is 34.6 Å². The van der Waals surface area contributed by atoms with E-state index in [9.17, 15) is 0 Å². The number of benzene rings is 1. The zero-order valence-corrected chi connectivity index (χ0v) is 14.1. The van der Waals surface area contributed by atoms with Gasteiger partial charge in [-0.15, -0.1) is 0 Å². The minimum atomic E-state index is 0.612. The number of rotatable bonds is 10. The Morgan fingerprint density at radius 2 is 1.24 bits per heavy atom. The average molecular weight is 296 g/mol. The van der Waals surface area contributed by atoms with Crippen molar-refractivity contribution in [1.82, 2.24) is 0 Å². The highest BCUT2D eigenvalue weighted by atomic mass is 16.5. The van der Waals surface area contributed by atoms with Gasteiger partial charge in [-0.2, -0.15) is 0 Å². The van der Waals surface area contributed by atoms with Gasteiger partial charge in [-0.3, -0.25) is 4.48 Å². The van der Waals surface area contributed by atoms with Crippen LogP contribution in [0.25, 0.3) is 0 Å². The van der Waals surface area contributed by atoms with E-state index in [-0.39, 0.29) is 0 Å². The van der Waals surface area contributed by atoms with Crippen molar-refractivity contribution in [3.8, 4) is 17.2 Å². The van der Waals surface area contributed by atoms with E-state index in [0.29, 0.717) is 19.9 Å². The molecule has 4 heteroatoms. The monoisotopic (exact) mass is 296 g/mol. The molecule has 0 aromatic heterocycles. The van der Waals surface area contributed by atoms with Crippen LogP contribution >= 0.6 is 0 Å². The van der Waals surface area contributed by atoms with Gasteiger partial charge in [0, 0.05) is 0 Å². The molecule has 21 heavy (non-hydrogen) atoms. The molecule has 0 saturated carbocycles. The maximum atomic E-state index is 6.13. The highest BCUT2D eigenvalue weighted by Gasteiger charge is 2.23. The van der Waals surface area contributed by atoms with Crippen LogP contribution in [0.3, 0.4) is 0 Å². The van der Waals surface area contributed by atoms with E-state index in [1.54, 1.807) is 0 Å². The van der Waals surface area contributed by atoms with Gasteiger partial charge < -0.3 is 14.2 Å². The van der Waals surface area contributed by atoms with Crippen LogP contribution in [0.4, 0.5) is 0 Å². The molecule has 0 radical (unpaired) electrons. The second-order valence-corrected chi connectivity index (χ2v) is 5.01. The highest BCUT2D eigenvalue weighted by Crippen LogP contribution is 2.37. The molecule has 0 amide bonds. The molecule has 0 N–H and O–H groups in total. The minimum absolute atomic E-state index is 0.612. The third-order valence-electron chi connectivity index (χ3n) is 4.04. The van der Waals surface area contributed by atoms with E-state index in [0.717, 1.165) is 41.4 Å².